The zero-order chi connectivity index (χ0) is 25.8. The van der Waals surface area contributed by atoms with Crippen molar-refractivity contribution in [3.63, 3.8) is 0 Å². The van der Waals surface area contributed by atoms with Crippen molar-refractivity contribution >= 4 is 28.4 Å². The maximum atomic E-state index is 13.2. The van der Waals surface area contributed by atoms with Crippen molar-refractivity contribution in [2.24, 2.45) is 13.0 Å². The van der Waals surface area contributed by atoms with Gasteiger partial charge in [-0.1, -0.05) is 25.1 Å². The number of nitrogens with zero attached hydrogens (tertiary/aromatic N) is 2. The van der Waals surface area contributed by atoms with Crippen LogP contribution in [0.5, 0.6) is 5.75 Å². The first-order chi connectivity index (χ1) is 17.3. The fourth-order valence-electron chi connectivity index (χ4n) is 4.90. The molecule has 36 heavy (non-hydrogen) atoms. The third kappa shape index (κ3) is 5.55. The average Bonchev–Trinajstić information content (AvgIpc) is 3.19. The Hall–Kier alpha value is -3.36. The molecule has 192 valence electrons. The number of anilines is 1. The zero-order valence-electron chi connectivity index (χ0n) is 21.5. The summed E-state index contributed by atoms with van der Waals surface area (Å²) >= 11 is 0. The van der Waals surface area contributed by atoms with E-state index in [1.165, 1.54) is 0 Å². The minimum Gasteiger partial charge on any atom is -0.488 e. The van der Waals surface area contributed by atoms with E-state index < -0.39 is 0 Å². The van der Waals surface area contributed by atoms with E-state index >= 15 is 0 Å². The van der Waals surface area contributed by atoms with Crippen LogP contribution in [0.1, 0.15) is 25.0 Å². The van der Waals surface area contributed by atoms with Crippen molar-refractivity contribution in [2.75, 3.05) is 32.1 Å². The maximum absolute atomic E-state index is 13.2. The van der Waals surface area contributed by atoms with Gasteiger partial charge < -0.3 is 29.9 Å². The molecule has 3 aromatic rings. The fraction of sp³-hybridized carbons (Fsp3) is 0.429. The number of hydrogen-bond acceptors (Lipinski definition) is 5. The van der Waals surface area contributed by atoms with E-state index in [1.807, 2.05) is 74.2 Å². The maximum Gasteiger partial charge on any atom is 0.228 e. The smallest absolute Gasteiger partial charge is 0.228 e. The van der Waals surface area contributed by atoms with Crippen molar-refractivity contribution < 1.29 is 19.4 Å². The first-order valence-electron chi connectivity index (χ1n) is 12.5. The molecule has 8 heteroatoms. The molecule has 0 bridgehead atoms. The normalized spacial score (nSPS) is 19.1. The highest BCUT2D eigenvalue weighted by molar-refractivity contribution is 5.96. The second-order valence-electron chi connectivity index (χ2n) is 9.78. The fourth-order valence-corrected chi connectivity index (χ4v) is 4.90. The molecule has 0 radical (unpaired) electrons. The van der Waals surface area contributed by atoms with Gasteiger partial charge in [-0.25, -0.2) is 0 Å². The summed E-state index contributed by atoms with van der Waals surface area (Å²) in [5, 5.41) is 17.0. The molecule has 0 aliphatic carbocycles. The van der Waals surface area contributed by atoms with Crippen LogP contribution < -0.4 is 15.4 Å². The second-order valence-corrected chi connectivity index (χ2v) is 9.78. The van der Waals surface area contributed by atoms with Crippen LogP contribution in [0.3, 0.4) is 0 Å². The van der Waals surface area contributed by atoms with Crippen LogP contribution in [0.15, 0.2) is 48.7 Å². The average molecular weight is 493 g/mol. The molecule has 0 saturated carbocycles. The molecule has 1 aromatic heterocycles. The Morgan fingerprint density at radius 3 is 2.78 bits per heavy atom. The van der Waals surface area contributed by atoms with Crippen molar-refractivity contribution in [1.29, 1.82) is 0 Å². The lowest BCUT2D eigenvalue weighted by atomic mass is 10.0. The molecule has 2 amide bonds. The summed E-state index contributed by atoms with van der Waals surface area (Å²) in [5.74, 6) is 0.499. The van der Waals surface area contributed by atoms with Crippen LogP contribution in [0.4, 0.5) is 5.69 Å². The summed E-state index contributed by atoms with van der Waals surface area (Å²) in [7, 11) is 3.85. The number of aryl methyl sites for hydroxylation is 1. The lowest BCUT2D eigenvalue weighted by molar-refractivity contribution is -0.134. The lowest BCUT2D eigenvalue weighted by Crippen LogP contribution is -2.47. The van der Waals surface area contributed by atoms with Crippen LogP contribution in [-0.4, -0.2) is 65.3 Å². The third-order valence-electron chi connectivity index (χ3n) is 6.94. The number of carbonyl (C=O) groups excluding carboxylic acids is 2. The topological polar surface area (TPSA) is 95.8 Å². The van der Waals surface area contributed by atoms with Gasteiger partial charge in [0.25, 0.3) is 0 Å². The predicted octanol–water partition coefficient (Wildman–Crippen LogP) is 2.73. The van der Waals surface area contributed by atoms with Gasteiger partial charge >= 0.3 is 0 Å². The highest BCUT2D eigenvalue weighted by atomic mass is 16.5. The highest BCUT2D eigenvalue weighted by Gasteiger charge is 2.30. The highest BCUT2D eigenvalue weighted by Crippen LogP contribution is 2.29. The number of aliphatic hydroxyl groups excluding tert-OH is 1. The van der Waals surface area contributed by atoms with Gasteiger partial charge in [0.1, 0.15) is 11.9 Å². The number of para-hydroxylation sites is 1. The van der Waals surface area contributed by atoms with E-state index in [4.69, 9.17) is 4.74 Å². The number of benzene rings is 2. The Bertz CT molecular complexity index is 1240. The monoisotopic (exact) mass is 492 g/mol. The molecule has 8 nitrogen and oxygen atoms in total. The molecule has 4 rings (SSSR count). The predicted molar refractivity (Wildman–Crippen MR) is 141 cm³/mol. The number of rotatable bonds is 7. The lowest BCUT2D eigenvalue weighted by Gasteiger charge is -2.32. The second kappa shape index (κ2) is 11.1. The number of fused-ring (bicyclic) bond motifs is 2. The van der Waals surface area contributed by atoms with Gasteiger partial charge in [0, 0.05) is 54.4 Å². The molecule has 0 spiro atoms. The van der Waals surface area contributed by atoms with E-state index in [0.29, 0.717) is 30.1 Å². The summed E-state index contributed by atoms with van der Waals surface area (Å²) in [5.41, 5.74) is 3.38. The Morgan fingerprint density at radius 2 is 2.03 bits per heavy atom. The largest absolute Gasteiger partial charge is 0.488 e. The van der Waals surface area contributed by atoms with Gasteiger partial charge in [0.2, 0.25) is 11.8 Å². The number of nitrogens with one attached hydrogen (secondary N) is 2. The van der Waals surface area contributed by atoms with Gasteiger partial charge in [-0.3, -0.25) is 9.59 Å². The Balaban J connectivity index is 1.57. The van der Waals surface area contributed by atoms with Crippen LogP contribution in [0, 0.1) is 5.92 Å². The van der Waals surface area contributed by atoms with E-state index in [2.05, 4.69) is 17.6 Å². The summed E-state index contributed by atoms with van der Waals surface area (Å²) in [6.07, 6.45) is 2.21. The van der Waals surface area contributed by atoms with Crippen LogP contribution in [0.25, 0.3) is 10.9 Å². The molecule has 3 atom stereocenters. The molecule has 1 aliphatic rings. The third-order valence-corrected chi connectivity index (χ3v) is 6.94. The minimum atomic E-state index is -0.291. The molecular weight excluding hydrogens is 456 g/mol. The Kier molecular flexibility index (Phi) is 7.96. The minimum absolute atomic E-state index is 0.0569. The Morgan fingerprint density at radius 1 is 1.25 bits per heavy atom. The summed E-state index contributed by atoms with van der Waals surface area (Å²) in [4.78, 5) is 27.9. The molecule has 0 fully saturated rings. The number of ether oxygens (including phenoxy) is 1. The van der Waals surface area contributed by atoms with Gasteiger partial charge in [0.15, 0.2) is 0 Å². The molecule has 1 aliphatic heterocycles. The van der Waals surface area contributed by atoms with Crippen LogP contribution in [-0.2, 0) is 29.5 Å². The van der Waals surface area contributed by atoms with Crippen molar-refractivity contribution in [3.05, 3.63) is 59.8 Å². The van der Waals surface area contributed by atoms with Crippen molar-refractivity contribution in [1.82, 2.24) is 14.8 Å². The molecule has 3 N–H and O–H groups in total. The first-order valence-corrected chi connectivity index (χ1v) is 12.5. The van der Waals surface area contributed by atoms with Gasteiger partial charge in [0.05, 0.1) is 25.5 Å². The molecule has 2 aromatic carbocycles. The van der Waals surface area contributed by atoms with Gasteiger partial charge in [-0.15, -0.1) is 0 Å². The standard InChI is InChI=1S/C28H36N4O4/c1-18-15-32(19(2)17-33)28(35)13-20-11-22(9-10-25(20)36-26(18)14-29-3)30-27(34)12-21-16-31(4)24-8-6-5-7-23(21)24/h5-11,16,18-19,26,29,33H,12-15,17H2,1-4H3,(H,30,34)/t18-,19+,26+/m1/s1. The number of hydrogen-bond donors (Lipinski definition) is 3. The van der Waals surface area contributed by atoms with Crippen LogP contribution >= 0.6 is 0 Å². The summed E-state index contributed by atoms with van der Waals surface area (Å²) in [6, 6.07) is 13.2. The number of carbonyl (C=O) groups is 2. The van der Waals surface area contributed by atoms with Crippen molar-refractivity contribution in [2.45, 2.75) is 38.8 Å². The molecule has 0 saturated heterocycles. The van der Waals surface area contributed by atoms with E-state index in [1.54, 1.807) is 4.90 Å². The quantitative estimate of drug-likeness (QED) is 0.471. The Labute approximate surface area is 212 Å². The van der Waals surface area contributed by atoms with Gasteiger partial charge in [-0.05, 0) is 43.8 Å². The SMILES string of the molecule is CNC[C@@H]1Oc2ccc(NC(=O)Cc3cn(C)c4ccccc34)cc2CC(=O)N([C@@H](C)CO)C[C@H]1C. The number of amides is 2. The summed E-state index contributed by atoms with van der Waals surface area (Å²) in [6.45, 7) is 4.92. The summed E-state index contributed by atoms with van der Waals surface area (Å²) < 4.78 is 8.39. The molecule has 2 heterocycles. The van der Waals surface area contributed by atoms with Crippen LogP contribution in [0.2, 0.25) is 0 Å². The van der Waals surface area contributed by atoms with E-state index in [-0.39, 0.29) is 49.3 Å². The van der Waals surface area contributed by atoms with E-state index in [9.17, 15) is 14.7 Å². The van der Waals surface area contributed by atoms with Crippen molar-refractivity contribution in [3.8, 4) is 5.75 Å². The zero-order valence-corrected chi connectivity index (χ0v) is 21.5. The molecular formula is C28H36N4O4. The first kappa shape index (κ1) is 25.7. The van der Waals surface area contributed by atoms with E-state index in [0.717, 1.165) is 16.5 Å². The van der Waals surface area contributed by atoms with Gasteiger partial charge in [-0.2, -0.15) is 0 Å². The number of likely N-dealkylation sites (N-methyl/N-ethyl adjacent to an activating group) is 1. The molecule has 0 unspecified atom stereocenters. The number of aliphatic hydroxyl groups is 1. The number of aromatic nitrogens is 1.